The summed E-state index contributed by atoms with van der Waals surface area (Å²) in [7, 11) is 0. The van der Waals surface area contributed by atoms with Gasteiger partial charge in [-0.1, -0.05) is 0 Å². The van der Waals surface area contributed by atoms with Crippen LogP contribution in [-0.2, 0) is 0 Å². The Morgan fingerprint density at radius 3 is 2.17 bits per heavy atom. The summed E-state index contributed by atoms with van der Waals surface area (Å²) < 4.78 is 0. The van der Waals surface area contributed by atoms with Crippen molar-refractivity contribution in [3.63, 3.8) is 0 Å². The second-order valence-electron chi connectivity index (χ2n) is 3.64. The molecule has 18 heavy (non-hydrogen) atoms. The van der Waals surface area contributed by atoms with Crippen molar-refractivity contribution in [1.29, 1.82) is 0 Å². The molecular formula is C11H9N7. The number of anilines is 2. The lowest BCUT2D eigenvalue weighted by atomic mass is 10.2. The summed E-state index contributed by atoms with van der Waals surface area (Å²) in [5.41, 5.74) is 13.4. The average Bonchev–Trinajstić information content (AvgIpc) is 2.37. The zero-order valence-electron chi connectivity index (χ0n) is 9.28. The fourth-order valence-electron chi connectivity index (χ4n) is 1.64. The van der Waals surface area contributed by atoms with Gasteiger partial charge in [0.05, 0.1) is 11.0 Å². The average molecular weight is 239 g/mol. The quantitative estimate of drug-likeness (QED) is 0.640. The van der Waals surface area contributed by atoms with Gasteiger partial charge in [0, 0.05) is 18.0 Å². The van der Waals surface area contributed by atoms with Crippen LogP contribution in [0.5, 0.6) is 0 Å². The standard InChI is InChI=1S/C11H9N7/c12-10-16-9(17-11(13)18-10)6-1-2-7-8(5-6)15-4-3-14-7/h1-5H,(H4,12,13,16,17,18). The topological polar surface area (TPSA) is 116 Å². The molecule has 2 heterocycles. The highest BCUT2D eigenvalue weighted by Gasteiger charge is 2.06. The lowest BCUT2D eigenvalue weighted by Crippen LogP contribution is -2.04. The lowest BCUT2D eigenvalue weighted by molar-refractivity contribution is 1.09. The van der Waals surface area contributed by atoms with E-state index in [0.29, 0.717) is 5.82 Å². The van der Waals surface area contributed by atoms with Crippen LogP contribution in [0.4, 0.5) is 11.9 Å². The molecule has 1 aromatic carbocycles. The minimum atomic E-state index is 0.0942. The molecule has 7 heteroatoms. The summed E-state index contributed by atoms with van der Waals surface area (Å²) >= 11 is 0. The second-order valence-corrected chi connectivity index (χ2v) is 3.64. The predicted octanol–water partition coefficient (Wildman–Crippen LogP) is 0.646. The van der Waals surface area contributed by atoms with Crippen molar-refractivity contribution in [1.82, 2.24) is 24.9 Å². The molecule has 0 fully saturated rings. The van der Waals surface area contributed by atoms with Crippen LogP contribution in [0.25, 0.3) is 22.4 Å². The maximum absolute atomic E-state index is 5.54. The van der Waals surface area contributed by atoms with E-state index in [0.717, 1.165) is 16.6 Å². The van der Waals surface area contributed by atoms with E-state index in [1.807, 2.05) is 18.2 Å². The number of fused-ring (bicyclic) bond motifs is 1. The highest BCUT2D eigenvalue weighted by atomic mass is 15.1. The first-order chi connectivity index (χ1) is 8.72. The number of nitrogen functional groups attached to an aromatic ring is 2. The van der Waals surface area contributed by atoms with E-state index in [-0.39, 0.29) is 11.9 Å². The second kappa shape index (κ2) is 3.88. The van der Waals surface area contributed by atoms with Gasteiger partial charge in [0.1, 0.15) is 0 Å². The summed E-state index contributed by atoms with van der Waals surface area (Å²) in [6.45, 7) is 0. The highest BCUT2D eigenvalue weighted by Crippen LogP contribution is 2.20. The third-order valence-corrected chi connectivity index (χ3v) is 2.40. The van der Waals surface area contributed by atoms with E-state index < -0.39 is 0 Å². The molecule has 4 N–H and O–H groups in total. The van der Waals surface area contributed by atoms with Crippen molar-refractivity contribution in [2.45, 2.75) is 0 Å². The van der Waals surface area contributed by atoms with Gasteiger partial charge in [0.25, 0.3) is 0 Å². The Hall–Kier alpha value is -2.83. The van der Waals surface area contributed by atoms with Crippen molar-refractivity contribution in [2.24, 2.45) is 0 Å². The number of rotatable bonds is 1. The van der Waals surface area contributed by atoms with Crippen molar-refractivity contribution < 1.29 is 0 Å². The normalized spacial score (nSPS) is 10.7. The zero-order chi connectivity index (χ0) is 12.5. The molecule has 0 saturated carbocycles. The molecule has 0 atom stereocenters. The molecule has 0 bridgehead atoms. The van der Waals surface area contributed by atoms with E-state index in [1.165, 1.54) is 0 Å². The Balaban J connectivity index is 2.19. The van der Waals surface area contributed by atoms with Crippen LogP contribution in [0.15, 0.2) is 30.6 Å². The van der Waals surface area contributed by atoms with Crippen molar-refractivity contribution >= 4 is 22.9 Å². The maximum Gasteiger partial charge on any atom is 0.225 e. The van der Waals surface area contributed by atoms with Crippen LogP contribution >= 0.6 is 0 Å². The Morgan fingerprint density at radius 2 is 1.44 bits per heavy atom. The van der Waals surface area contributed by atoms with E-state index in [1.54, 1.807) is 12.4 Å². The summed E-state index contributed by atoms with van der Waals surface area (Å²) in [4.78, 5) is 20.2. The first-order valence-corrected chi connectivity index (χ1v) is 5.20. The summed E-state index contributed by atoms with van der Waals surface area (Å²) in [6.07, 6.45) is 3.27. The monoisotopic (exact) mass is 239 g/mol. The smallest absolute Gasteiger partial charge is 0.225 e. The van der Waals surface area contributed by atoms with Crippen LogP contribution in [0.1, 0.15) is 0 Å². The SMILES string of the molecule is Nc1nc(N)nc(-c2ccc3nccnc3c2)n1. The van der Waals surface area contributed by atoms with Gasteiger partial charge in [-0.05, 0) is 18.2 Å². The van der Waals surface area contributed by atoms with Gasteiger partial charge in [-0.2, -0.15) is 15.0 Å². The molecule has 0 spiro atoms. The molecular weight excluding hydrogens is 230 g/mol. The first-order valence-electron chi connectivity index (χ1n) is 5.20. The van der Waals surface area contributed by atoms with Crippen LogP contribution < -0.4 is 11.5 Å². The molecule has 0 aliphatic carbocycles. The third-order valence-electron chi connectivity index (χ3n) is 2.40. The fourth-order valence-corrected chi connectivity index (χ4v) is 1.64. The number of hydrogen-bond donors (Lipinski definition) is 2. The number of nitrogens with two attached hydrogens (primary N) is 2. The number of aromatic nitrogens is 5. The van der Waals surface area contributed by atoms with Crippen LogP contribution in [0.3, 0.4) is 0 Å². The van der Waals surface area contributed by atoms with E-state index in [2.05, 4.69) is 24.9 Å². The Kier molecular flexibility index (Phi) is 2.23. The Labute approximate surface area is 102 Å². The van der Waals surface area contributed by atoms with Gasteiger partial charge >= 0.3 is 0 Å². The van der Waals surface area contributed by atoms with Crippen molar-refractivity contribution in [3.8, 4) is 11.4 Å². The van der Waals surface area contributed by atoms with Gasteiger partial charge in [-0.3, -0.25) is 9.97 Å². The molecule has 3 rings (SSSR count). The molecule has 7 nitrogen and oxygen atoms in total. The zero-order valence-corrected chi connectivity index (χ0v) is 9.28. The first kappa shape index (κ1) is 10.3. The molecule has 0 amide bonds. The highest BCUT2D eigenvalue weighted by molar-refractivity contribution is 5.79. The van der Waals surface area contributed by atoms with Gasteiger partial charge in [0.15, 0.2) is 5.82 Å². The van der Waals surface area contributed by atoms with Gasteiger partial charge in [-0.25, -0.2) is 0 Å². The van der Waals surface area contributed by atoms with Crippen molar-refractivity contribution in [2.75, 3.05) is 11.5 Å². The largest absolute Gasteiger partial charge is 0.368 e. The van der Waals surface area contributed by atoms with Crippen molar-refractivity contribution in [3.05, 3.63) is 30.6 Å². The molecule has 0 unspecified atom stereocenters. The Bertz CT molecular complexity index is 705. The molecule has 0 saturated heterocycles. The van der Waals surface area contributed by atoms with E-state index in [9.17, 15) is 0 Å². The molecule has 3 aromatic rings. The fraction of sp³-hybridized carbons (Fsp3) is 0. The number of nitrogens with zero attached hydrogens (tertiary/aromatic N) is 5. The molecule has 0 aliphatic heterocycles. The maximum atomic E-state index is 5.54. The molecule has 2 aromatic heterocycles. The molecule has 0 aliphatic rings. The minimum absolute atomic E-state index is 0.0942. The predicted molar refractivity (Wildman–Crippen MR) is 67.2 cm³/mol. The lowest BCUT2D eigenvalue weighted by Gasteiger charge is -2.03. The number of hydrogen-bond acceptors (Lipinski definition) is 7. The Morgan fingerprint density at radius 1 is 0.778 bits per heavy atom. The van der Waals surface area contributed by atoms with Gasteiger partial charge in [-0.15, -0.1) is 0 Å². The minimum Gasteiger partial charge on any atom is -0.368 e. The number of benzene rings is 1. The van der Waals surface area contributed by atoms with Crippen LogP contribution in [0, 0.1) is 0 Å². The molecule has 88 valence electrons. The van der Waals surface area contributed by atoms with Crippen LogP contribution in [0.2, 0.25) is 0 Å². The summed E-state index contributed by atoms with van der Waals surface area (Å²) in [5, 5.41) is 0. The van der Waals surface area contributed by atoms with Crippen LogP contribution in [-0.4, -0.2) is 24.9 Å². The van der Waals surface area contributed by atoms with E-state index in [4.69, 9.17) is 11.5 Å². The van der Waals surface area contributed by atoms with Gasteiger partial charge < -0.3 is 11.5 Å². The summed E-state index contributed by atoms with van der Waals surface area (Å²) in [5.74, 6) is 0.612. The third kappa shape index (κ3) is 1.77. The molecule has 0 radical (unpaired) electrons. The summed E-state index contributed by atoms with van der Waals surface area (Å²) in [6, 6.07) is 5.51. The van der Waals surface area contributed by atoms with E-state index >= 15 is 0 Å². The van der Waals surface area contributed by atoms with Gasteiger partial charge in [0.2, 0.25) is 11.9 Å².